The molecule has 3 amide bonds. The van der Waals surface area contributed by atoms with Crippen LogP contribution in [0.2, 0.25) is 0 Å². The predicted molar refractivity (Wildman–Crippen MR) is 109 cm³/mol. The fourth-order valence-corrected chi connectivity index (χ4v) is 3.66. The van der Waals surface area contributed by atoms with E-state index < -0.39 is 17.6 Å². The normalized spacial score (nSPS) is 16.1. The van der Waals surface area contributed by atoms with Crippen LogP contribution in [0.1, 0.15) is 23.1 Å². The summed E-state index contributed by atoms with van der Waals surface area (Å²) in [5.41, 5.74) is 3.90. The van der Waals surface area contributed by atoms with Gasteiger partial charge >= 0.3 is 0 Å². The summed E-state index contributed by atoms with van der Waals surface area (Å²) in [7, 11) is 0. The van der Waals surface area contributed by atoms with Crippen molar-refractivity contribution in [3.63, 3.8) is 0 Å². The van der Waals surface area contributed by atoms with Crippen molar-refractivity contribution in [1.82, 2.24) is 5.32 Å². The second-order valence-corrected chi connectivity index (χ2v) is 7.40. The molecule has 1 fully saturated rings. The highest BCUT2D eigenvalue weighted by Crippen LogP contribution is 2.27. The van der Waals surface area contributed by atoms with E-state index in [9.17, 15) is 18.8 Å². The first-order chi connectivity index (χ1) is 13.8. The van der Waals surface area contributed by atoms with Crippen molar-refractivity contribution in [2.24, 2.45) is 5.92 Å². The van der Waals surface area contributed by atoms with Crippen molar-refractivity contribution in [3.8, 4) is 0 Å². The minimum absolute atomic E-state index is 0.0159. The molecule has 152 valence electrons. The van der Waals surface area contributed by atoms with Crippen LogP contribution in [0.25, 0.3) is 0 Å². The second kappa shape index (κ2) is 8.43. The molecule has 1 unspecified atom stereocenters. The van der Waals surface area contributed by atoms with Gasteiger partial charge in [0.2, 0.25) is 17.7 Å². The molecule has 7 heteroatoms. The van der Waals surface area contributed by atoms with Crippen LogP contribution in [-0.4, -0.2) is 30.8 Å². The summed E-state index contributed by atoms with van der Waals surface area (Å²) in [5.74, 6) is -2.19. The third kappa shape index (κ3) is 4.62. The third-order valence-corrected chi connectivity index (χ3v) is 5.00. The summed E-state index contributed by atoms with van der Waals surface area (Å²) in [6.45, 7) is 5.70. The molecule has 0 radical (unpaired) electrons. The first-order valence-corrected chi connectivity index (χ1v) is 9.46. The molecule has 1 aliphatic heterocycles. The molecule has 1 saturated heterocycles. The lowest BCUT2D eigenvalue weighted by molar-refractivity contribution is -0.127. The number of benzene rings is 2. The van der Waals surface area contributed by atoms with E-state index in [2.05, 4.69) is 10.6 Å². The Bertz CT molecular complexity index is 951. The van der Waals surface area contributed by atoms with E-state index in [0.717, 1.165) is 22.4 Å². The first-order valence-electron chi connectivity index (χ1n) is 9.46. The van der Waals surface area contributed by atoms with Gasteiger partial charge in [-0.25, -0.2) is 4.39 Å². The minimum Gasteiger partial charge on any atom is -0.347 e. The largest absolute Gasteiger partial charge is 0.347 e. The van der Waals surface area contributed by atoms with Gasteiger partial charge in [0.05, 0.1) is 18.2 Å². The van der Waals surface area contributed by atoms with E-state index in [4.69, 9.17) is 0 Å². The van der Waals surface area contributed by atoms with E-state index in [1.165, 1.54) is 17.0 Å². The number of nitrogens with zero attached hydrogens (tertiary/aromatic N) is 1. The van der Waals surface area contributed by atoms with Crippen molar-refractivity contribution < 1.29 is 18.8 Å². The number of carbonyl (C=O) groups excluding carboxylic acids is 3. The van der Waals surface area contributed by atoms with E-state index in [-0.39, 0.29) is 37.0 Å². The Hall–Kier alpha value is -3.22. The molecule has 0 aliphatic carbocycles. The van der Waals surface area contributed by atoms with Crippen LogP contribution in [0.5, 0.6) is 0 Å². The average molecular weight is 397 g/mol. The molecular formula is C22H24FN3O3. The Morgan fingerprint density at radius 2 is 1.79 bits per heavy atom. The zero-order valence-corrected chi connectivity index (χ0v) is 16.7. The fourth-order valence-electron chi connectivity index (χ4n) is 3.66. The number of amides is 3. The first kappa shape index (κ1) is 20.5. The van der Waals surface area contributed by atoms with E-state index >= 15 is 0 Å². The average Bonchev–Trinajstić information content (AvgIpc) is 3.04. The van der Waals surface area contributed by atoms with Gasteiger partial charge in [0.15, 0.2) is 0 Å². The number of carbonyl (C=O) groups is 3. The van der Waals surface area contributed by atoms with Crippen LogP contribution in [0.3, 0.4) is 0 Å². The van der Waals surface area contributed by atoms with Crippen molar-refractivity contribution in [3.05, 3.63) is 58.9 Å². The monoisotopic (exact) mass is 397 g/mol. The van der Waals surface area contributed by atoms with Crippen LogP contribution in [-0.2, 0) is 14.4 Å². The maximum Gasteiger partial charge on any atom is 0.243 e. The van der Waals surface area contributed by atoms with Gasteiger partial charge in [0.1, 0.15) is 5.82 Å². The highest BCUT2D eigenvalue weighted by atomic mass is 19.1. The zero-order chi connectivity index (χ0) is 21.1. The fraction of sp³-hybridized carbons (Fsp3) is 0.318. The highest BCUT2D eigenvalue weighted by molar-refractivity contribution is 6.01. The molecule has 6 nitrogen and oxygen atoms in total. The number of para-hydroxylation sites is 1. The number of halogens is 1. The van der Waals surface area contributed by atoms with Crippen molar-refractivity contribution >= 4 is 29.1 Å². The molecule has 3 rings (SSSR count). The minimum atomic E-state index is -0.627. The van der Waals surface area contributed by atoms with Gasteiger partial charge in [-0.05, 0) is 44.0 Å². The summed E-state index contributed by atoms with van der Waals surface area (Å²) in [5, 5.41) is 5.40. The molecule has 0 aromatic heterocycles. The van der Waals surface area contributed by atoms with E-state index in [1.54, 1.807) is 12.1 Å². The van der Waals surface area contributed by atoms with Crippen LogP contribution >= 0.6 is 0 Å². The lowest BCUT2D eigenvalue weighted by Gasteiger charge is -2.17. The number of nitrogens with one attached hydrogen (secondary N) is 2. The standard InChI is InChI=1S/C22H24FN3O3/c1-13-8-14(2)21(15(3)9-13)25-19(27)11-24-22(29)16-10-20(28)26(12-16)18-7-5-4-6-17(18)23/h4-9,16H,10-12H2,1-3H3,(H,24,29)(H,25,27). The van der Waals surface area contributed by atoms with E-state index in [0.29, 0.717) is 0 Å². The smallest absolute Gasteiger partial charge is 0.243 e. The molecular weight excluding hydrogens is 373 g/mol. The summed E-state index contributed by atoms with van der Waals surface area (Å²) < 4.78 is 13.9. The molecule has 0 bridgehead atoms. The van der Waals surface area contributed by atoms with Gasteiger partial charge in [-0.3, -0.25) is 14.4 Å². The van der Waals surface area contributed by atoms with Gasteiger partial charge in [-0.1, -0.05) is 29.8 Å². The molecule has 1 aliphatic rings. The Kier molecular flexibility index (Phi) is 5.96. The number of aryl methyl sites for hydroxylation is 3. The number of hydrogen-bond acceptors (Lipinski definition) is 3. The van der Waals surface area contributed by atoms with Crippen LogP contribution in [0.4, 0.5) is 15.8 Å². The van der Waals surface area contributed by atoms with Gasteiger partial charge in [-0.15, -0.1) is 0 Å². The molecule has 0 saturated carbocycles. The van der Waals surface area contributed by atoms with Crippen LogP contribution in [0.15, 0.2) is 36.4 Å². The molecule has 2 aromatic rings. The van der Waals surface area contributed by atoms with Crippen molar-refractivity contribution in [2.75, 3.05) is 23.3 Å². The lowest BCUT2D eigenvalue weighted by atomic mass is 10.1. The van der Waals surface area contributed by atoms with Gasteiger partial charge in [0, 0.05) is 18.7 Å². The van der Waals surface area contributed by atoms with Crippen LogP contribution in [0, 0.1) is 32.5 Å². The van der Waals surface area contributed by atoms with Crippen molar-refractivity contribution in [1.29, 1.82) is 0 Å². The number of anilines is 2. The maximum atomic E-state index is 13.9. The number of hydrogen-bond donors (Lipinski definition) is 2. The molecule has 29 heavy (non-hydrogen) atoms. The Morgan fingerprint density at radius 3 is 2.45 bits per heavy atom. The highest BCUT2D eigenvalue weighted by Gasteiger charge is 2.36. The maximum absolute atomic E-state index is 13.9. The molecule has 0 spiro atoms. The summed E-state index contributed by atoms with van der Waals surface area (Å²) in [4.78, 5) is 38.2. The summed E-state index contributed by atoms with van der Waals surface area (Å²) >= 11 is 0. The quantitative estimate of drug-likeness (QED) is 0.814. The Labute approximate surface area is 169 Å². The number of rotatable bonds is 5. The Balaban J connectivity index is 1.57. The molecule has 2 aromatic carbocycles. The second-order valence-electron chi connectivity index (χ2n) is 7.40. The molecule has 1 atom stereocenters. The third-order valence-electron chi connectivity index (χ3n) is 5.00. The van der Waals surface area contributed by atoms with Crippen molar-refractivity contribution in [2.45, 2.75) is 27.2 Å². The SMILES string of the molecule is Cc1cc(C)c(NC(=O)CNC(=O)C2CC(=O)N(c3ccccc3F)C2)c(C)c1. The summed E-state index contributed by atoms with van der Waals surface area (Å²) in [6, 6.07) is 9.91. The topological polar surface area (TPSA) is 78.5 Å². The lowest BCUT2D eigenvalue weighted by Crippen LogP contribution is -2.38. The van der Waals surface area contributed by atoms with Crippen LogP contribution < -0.4 is 15.5 Å². The zero-order valence-electron chi connectivity index (χ0n) is 16.7. The van der Waals surface area contributed by atoms with Gasteiger partial charge in [0.25, 0.3) is 0 Å². The van der Waals surface area contributed by atoms with E-state index in [1.807, 2.05) is 32.9 Å². The molecule has 2 N–H and O–H groups in total. The van der Waals surface area contributed by atoms with Gasteiger partial charge < -0.3 is 15.5 Å². The van der Waals surface area contributed by atoms with Gasteiger partial charge in [-0.2, -0.15) is 0 Å². The molecule has 1 heterocycles. The summed E-state index contributed by atoms with van der Waals surface area (Å²) in [6.07, 6.45) is -0.0159. The predicted octanol–water partition coefficient (Wildman–Crippen LogP) is 2.86. The Morgan fingerprint density at radius 1 is 1.14 bits per heavy atom.